The van der Waals surface area contributed by atoms with Crippen LogP contribution in [0.5, 0.6) is 0 Å². The van der Waals surface area contributed by atoms with Gasteiger partial charge in [0.2, 0.25) is 0 Å². The van der Waals surface area contributed by atoms with Gasteiger partial charge in [-0.25, -0.2) is 9.78 Å². The number of imidazole rings is 1. The van der Waals surface area contributed by atoms with Crippen LogP contribution in [0.4, 0.5) is 0 Å². The summed E-state index contributed by atoms with van der Waals surface area (Å²) in [4.78, 5) is 31.5. The molecule has 2 aromatic heterocycles. The first-order valence-electron chi connectivity index (χ1n) is 7.78. The van der Waals surface area contributed by atoms with E-state index in [-0.39, 0.29) is 11.2 Å². The van der Waals surface area contributed by atoms with E-state index >= 15 is 0 Å². The standard InChI is InChI=1S/C15H24N4O2S/c1-5-7-8-10(6-2)9-22-14-16-11-12(17-14)18(3)15(21)19(4)13(11)20/h10H,5-9H2,1-4H3,(H,16,17)/t10-/m1/s1. The van der Waals surface area contributed by atoms with Gasteiger partial charge in [0.25, 0.3) is 5.56 Å². The lowest BCUT2D eigenvalue weighted by molar-refractivity contribution is 0.499. The zero-order valence-corrected chi connectivity index (χ0v) is 14.5. The molecule has 0 spiro atoms. The van der Waals surface area contributed by atoms with Crippen molar-refractivity contribution >= 4 is 22.9 Å². The summed E-state index contributed by atoms with van der Waals surface area (Å²) < 4.78 is 2.51. The Bertz CT molecular complexity index is 759. The van der Waals surface area contributed by atoms with Gasteiger partial charge in [-0.1, -0.05) is 44.9 Å². The van der Waals surface area contributed by atoms with E-state index in [1.54, 1.807) is 18.8 Å². The van der Waals surface area contributed by atoms with Gasteiger partial charge in [0.15, 0.2) is 16.3 Å². The molecular weight excluding hydrogens is 300 g/mol. The van der Waals surface area contributed by atoms with Crippen LogP contribution in [0.25, 0.3) is 11.2 Å². The number of aromatic nitrogens is 4. The van der Waals surface area contributed by atoms with Crippen LogP contribution in [0.1, 0.15) is 39.5 Å². The third-order valence-electron chi connectivity index (χ3n) is 4.07. The normalized spacial score (nSPS) is 12.9. The maximum atomic E-state index is 12.1. The van der Waals surface area contributed by atoms with Crippen LogP contribution in [0.3, 0.4) is 0 Å². The maximum absolute atomic E-state index is 12.1. The number of aryl methyl sites for hydroxylation is 1. The minimum atomic E-state index is -0.352. The van der Waals surface area contributed by atoms with Crippen molar-refractivity contribution in [1.82, 2.24) is 19.1 Å². The summed E-state index contributed by atoms with van der Waals surface area (Å²) in [6.07, 6.45) is 4.83. The lowest BCUT2D eigenvalue weighted by Gasteiger charge is -2.12. The summed E-state index contributed by atoms with van der Waals surface area (Å²) in [5.74, 6) is 1.63. The number of nitrogens with one attached hydrogen (secondary N) is 1. The molecule has 122 valence electrons. The quantitative estimate of drug-likeness (QED) is 0.793. The molecule has 0 saturated carbocycles. The Balaban J connectivity index is 2.23. The van der Waals surface area contributed by atoms with E-state index in [1.165, 1.54) is 30.9 Å². The van der Waals surface area contributed by atoms with Crippen LogP contribution in [-0.4, -0.2) is 24.9 Å². The molecule has 0 fully saturated rings. The van der Waals surface area contributed by atoms with Crippen molar-refractivity contribution in [2.24, 2.45) is 20.0 Å². The van der Waals surface area contributed by atoms with Gasteiger partial charge < -0.3 is 4.98 Å². The number of aromatic amines is 1. The van der Waals surface area contributed by atoms with Crippen molar-refractivity contribution < 1.29 is 0 Å². The maximum Gasteiger partial charge on any atom is 0.332 e. The smallest absolute Gasteiger partial charge is 0.327 e. The SMILES string of the molecule is CCCC[C@@H](CC)CSc1nc2c([nH]1)c(=O)n(C)c(=O)n2C. The largest absolute Gasteiger partial charge is 0.332 e. The molecule has 6 nitrogen and oxygen atoms in total. The van der Waals surface area contributed by atoms with E-state index in [1.807, 2.05) is 0 Å². The van der Waals surface area contributed by atoms with Crippen molar-refractivity contribution in [3.63, 3.8) is 0 Å². The van der Waals surface area contributed by atoms with Crippen LogP contribution >= 0.6 is 11.8 Å². The predicted molar refractivity (Wildman–Crippen MR) is 90.6 cm³/mol. The number of rotatable bonds is 7. The first-order chi connectivity index (χ1) is 10.5. The van der Waals surface area contributed by atoms with E-state index < -0.39 is 0 Å². The first kappa shape index (κ1) is 16.9. The Morgan fingerprint density at radius 2 is 1.95 bits per heavy atom. The van der Waals surface area contributed by atoms with Crippen LogP contribution in [0.2, 0.25) is 0 Å². The molecule has 0 aliphatic carbocycles. The van der Waals surface area contributed by atoms with Gasteiger partial charge in [-0.2, -0.15) is 0 Å². The fourth-order valence-electron chi connectivity index (χ4n) is 2.47. The van der Waals surface area contributed by atoms with E-state index in [0.717, 1.165) is 16.7 Å². The lowest BCUT2D eigenvalue weighted by Crippen LogP contribution is -2.36. The second-order valence-corrected chi connectivity index (χ2v) is 6.68. The molecule has 2 heterocycles. The highest BCUT2D eigenvalue weighted by molar-refractivity contribution is 7.99. The highest BCUT2D eigenvalue weighted by atomic mass is 32.2. The Morgan fingerprint density at radius 1 is 1.23 bits per heavy atom. The fraction of sp³-hybridized carbons (Fsp3) is 0.667. The molecule has 22 heavy (non-hydrogen) atoms. The highest BCUT2D eigenvalue weighted by Gasteiger charge is 2.14. The summed E-state index contributed by atoms with van der Waals surface area (Å²) in [6.45, 7) is 4.41. The number of hydrogen-bond donors (Lipinski definition) is 1. The summed E-state index contributed by atoms with van der Waals surface area (Å²) >= 11 is 1.63. The van der Waals surface area contributed by atoms with Crippen molar-refractivity contribution in [2.75, 3.05) is 5.75 Å². The van der Waals surface area contributed by atoms with Gasteiger partial charge in [-0.15, -0.1) is 0 Å². The van der Waals surface area contributed by atoms with Crippen molar-refractivity contribution in [3.05, 3.63) is 20.8 Å². The Labute approximate surface area is 133 Å². The molecule has 0 unspecified atom stereocenters. The third-order valence-corrected chi connectivity index (χ3v) is 5.18. The zero-order chi connectivity index (χ0) is 16.3. The number of unbranched alkanes of at least 4 members (excludes halogenated alkanes) is 1. The highest BCUT2D eigenvalue weighted by Crippen LogP contribution is 2.23. The summed E-state index contributed by atoms with van der Waals surface area (Å²) in [7, 11) is 3.12. The average Bonchev–Trinajstić information content (AvgIpc) is 2.95. The summed E-state index contributed by atoms with van der Waals surface area (Å²) in [5.41, 5.74) is 0.149. The van der Waals surface area contributed by atoms with Crippen LogP contribution in [-0.2, 0) is 14.1 Å². The average molecular weight is 324 g/mol. The fourth-order valence-corrected chi connectivity index (χ4v) is 3.59. The van der Waals surface area contributed by atoms with Gasteiger partial charge in [-0.05, 0) is 12.3 Å². The van der Waals surface area contributed by atoms with E-state index in [4.69, 9.17) is 0 Å². The lowest BCUT2D eigenvalue weighted by atomic mass is 10.0. The van der Waals surface area contributed by atoms with Gasteiger partial charge in [-0.3, -0.25) is 13.9 Å². The third kappa shape index (κ3) is 3.29. The Hall–Kier alpha value is -1.50. The molecule has 7 heteroatoms. The van der Waals surface area contributed by atoms with Crippen molar-refractivity contribution in [3.8, 4) is 0 Å². The molecule has 0 radical (unpaired) electrons. The molecule has 0 bridgehead atoms. The van der Waals surface area contributed by atoms with Crippen molar-refractivity contribution in [2.45, 2.75) is 44.7 Å². The molecule has 1 N–H and O–H groups in total. The topological polar surface area (TPSA) is 72.7 Å². The van der Waals surface area contributed by atoms with Crippen LogP contribution in [0, 0.1) is 5.92 Å². The predicted octanol–water partition coefficient (Wildman–Crippen LogP) is 2.27. The second kappa shape index (κ2) is 7.17. The van der Waals surface area contributed by atoms with Crippen LogP contribution in [0.15, 0.2) is 14.7 Å². The first-order valence-corrected chi connectivity index (χ1v) is 8.76. The molecule has 1 atom stereocenters. The molecule has 2 aromatic rings. The molecular formula is C15H24N4O2S. The molecule has 0 saturated heterocycles. The minimum Gasteiger partial charge on any atom is -0.327 e. The minimum absolute atomic E-state index is 0.324. The van der Waals surface area contributed by atoms with Gasteiger partial charge >= 0.3 is 5.69 Å². The number of nitrogens with zero attached hydrogens (tertiary/aromatic N) is 3. The molecule has 0 aromatic carbocycles. The second-order valence-electron chi connectivity index (χ2n) is 5.67. The number of hydrogen-bond acceptors (Lipinski definition) is 4. The monoisotopic (exact) mass is 324 g/mol. The van der Waals surface area contributed by atoms with Crippen LogP contribution < -0.4 is 11.2 Å². The van der Waals surface area contributed by atoms with Gasteiger partial charge in [0.05, 0.1) is 0 Å². The molecule has 0 aliphatic heterocycles. The van der Waals surface area contributed by atoms with Crippen molar-refractivity contribution in [1.29, 1.82) is 0 Å². The Kier molecular flexibility index (Phi) is 5.50. The Morgan fingerprint density at radius 3 is 2.59 bits per heavy atom. The molecule has 2 rings (SSSR count). The van der Waals surface area contributed by atoms with Gasteiger partial charge in [0.1, 0.15) is 0 Å². The summed E-state index contributed by atoms with van der Waals surface area (Å²) in [6, 6.07) is 0. The zero-order valence-electron chi connectivity index (χ0n) is 13.7. The van der Waals surface area contributed by atoms with Gasteiger partial charge in [0, 0.05) is 19.8 Å². The number of H-pyrrole nitrogens is 1. The molecule has 0 amide bonds. The van der Waals surface area contributed by atoms with E-state index in [0.29, 0.717) is 22.2 Å². The van der Waals surface area contributed by atoms with E-state index in [9.17, 15) is 9.59 Å². The molecule has 0 aliphatic rings. The number of fused-ring (bicyclic) bond motifs is 1. The number of thioether (sulfide) groups is 1. The van der Waals surface area contributed by atoms with E-state index in [2.05, 4.69) is 23.8 Å². The summed E-state index contributed by atoms with van der Waals surface area (Å²) in [5, 5.41) is 0.711.